The second kappa shape index (κ2) is 6.27. The molecule has 21 heavy (non-hydrogen) atoms. The van der Waals surface area contributed by atoms with E-state index >= 15 is 0 Å². The van der Waals surface area contributed by atoms with Gasteiger partial charge in [0.15, 0.2) is 0 Å². The first kappa shape index (κ1) is 14.7. The summed E-state index contributed by atoms with van der Waals surface area (Å²) >= 11 is 0. The lowest BCUT2D eigenvalue weighted by molar-refractivity contribution is -0.103. The third-order valence-electron chi connectivity index (χ3n) is 4.21. The molecule has 6 heteroatoms. The van der Waals surface area contributed by atoms with Crippen LogP contribution in [0.5, 0.6) is 0 Å². The Balaban J connectivity index is 1.63. The Labute approximate surface area is 124 Å². The lowest BCUT2D eigenvalue weighted by Crippen LogP contribution is -2.50. The number of hydrogen-bond donors (Lipinski definition) is 2. The van der Waals surface area contributed by atoms with Crippen LogP contribution in [0.2, 0.25) is 0 Å². The SMILES string of the molecule is Nc1cccc([C@@H]2CN(CC3(O)CCOCC3)CCO2)n1. The zero-order valence-electron chi connectivity index (χ0n) is 12.2. The summed E-state index contributed by atoms with van der Waals surface area (Å²) in [7, 11) is 0. The predicted molar refractivity (Wildman–Crippen MR) is 78.8 cm³/mol. The Kier molecular flexibility index (Phi) is 4.40. The third-order valence-corrected chi connectivity index (χ3v) is 4.21. The fraction of sp³-hybridized carbons (Fsp3) is 0.667. The number of β-amino-alcohol motifs (C(OH)–C–C–N with tert-alkyl or cyclic N) is 1. The number of nitrogen functional groups attached to an aromatic ring is 1. The maximum atomic E-state index is 10.6. The summed E-state index contributed by atoms with van der Waals surface area (Å²) in [5.74, 6) is 0.510. The highest BCUT2D eigenvalue weighted by Gasteiger charge is 2.34. The lowest BCUT2D eigenvalue weighted by Gasteiger charge is -2.40. The van der Waals surface area contributed by atoms with Gasteiger partial charge in [-0.3, -0.25) is 4.90 Å². The smallest absolute Gasteiger partial charge is 0.123 e. The van der Waals surface area contributed by atoms with Crippen molar-refractivity contribution in [3.05, 3.63) is 23.9 Å². The van der Waals surface area contributed by atoms with E-state index in [9.17, 15) is 5.11 Å². The molecule has 3 heterocycles. The molecule has 2 saturated heterocycles. The summed E-state index contributed by atoms with van der Waals surface area (Å²) in [5.41, 5.74) is 5.96. The molecule has 1 aromatic heterocycles. The van der Waals surface area contributed by atoms with E-state index < -0.39 is 5.60 Å². The number of rotatable bonds is 3. The average molecular weight is 293 g/mol. The first-order valence-electron chi connectivity index (χ1n) is 7.51. The van der Waals surface area contributed by atoms with E-state index in [1.54, 1.807) is 6.07 Å². The topological polar surface area (TPSA) is 80.8 Å². The van der Waals surface area contributed by atoms with Gasteiger partial charge in [0.2, 0.25) is 0 Å². The number of nitrogens with two attached hydrogens (primary N) is 1. The van der Waals surface area contributed by atoms with Crippen molar-refractivity contribution >= 4 is 5.82 Å². The summed E-state index contributed by atoms with van der Waals surface area (Å²) in [6.45, 7) is 4.16. The fourth-order valence-corrected chi connectivity index (χ4v) is 3.00. The van der Waals surface area contributed by atoms with Gasteiger partial charge in [-0.1, -0.05) is 6.07 Å². The van der Waals surface area contributed by atoms with Gasteiger partial charge in [-0.05, 0) is 12.1 Å². The standard InChI is InChI=1S/C15H23N3O3/c16-14-3-1-2-12(17-14)13-10-18(6-9-21-13)11-15(19)4-7-20-8-5-15/h1-3,13,19H,4-11H2,(H2,16,17)/t13-/m0/s1. The number of morpholine rings is 1. The van der Waals surface area contributed by atoms with E-state index in [1.807, 2.05) is 12.1 Å². The molecule has 0 saturated carbocycles. The van der Waals surface area contributed by atoms with Gasteiger partial charge in [0.05, 0.1) is 17.9 Å². The quantitative estimate of drug-likeness (QED) is 0.848. The van der Waals surface area contributed by atoms with Gasteiger partial charge in [0, 0.05) is 45.7 Å². The van der Waals surface area contributed by atoms with E-state index in [4.69, 9.17) is 15.2 Å². The monoisotopic (exact) mass is 293 g/mol. The number of aliphatic hydroxyl groups is 1. The van der Waals surface area contributed by atoms with Crippen LogP contribution in [0.1, 0.15) is 24.6 Å². The molecule has 6 nitrogen and oxygen atoms in total. The van der Waals surface area contributed by atoms with Crippen molar-refractivity contribution in [2.75, 3.05) is 45.2 Å². The van der Waals surface area contributed by atoms with Gasteiger partial charge < -0.3 is 20.3 Å². The molecule has 1 aromatic rings. The molecular weight excluding hydrogens is 270 g/mol. The second-order valence-electron chi connectivity index (χ2n) is 5.92. The zero-order chi connectivity index (χ0) is 14.7. The van der Waals surface area contributed by atoms with Crippen LogP contribution in [-0.2, 0) is 9.47 Å². The Morgan fingerprint density at radius 1 is 1.33 bits per heavy atom. The number of nitrogens with zero attached hydrogens (tertiary/aromatic N) is 2. The number of ether oxygens (including phenoxy) is 2. The van der Waals surface area contributed by atoms with Crippen molar-refractivity contribution in [1.29, 1.82) is 0 Å². The zero-order valence-corrected chi connectivity index (χ0v) is 12.2. The molecule has 0 unspecified atom stereocenters. The fourth-order valence-electron chi connectivity index (χ4n) is 3.00. The molecule has 116 valence electrons. The van der Waals surface area contributed by atoms with Crippen molar-refractivity contribution in [2.45, 2.75) is 24.5 Å². The minimum Gasteiger partial charge on any atom is -0.388 e. The van der Waals surface area contributed by atoms with Crippen molar-refractivity contribution in [3.63, 3.8) is 0 Å². The molecule has 1 atom stereocenters. The maximum Gasteiger partial charge on any atom is 0.123 e. The summed E-state index contributed by atoms with van der Waals surface area (Å²) in [4.78, 5) is 6.59. The number of pyridine rings is 1. The van der Waals surface area contributed by atoms with Gasteiger partial charge in [-0.25, -0.2) is 4.98 Å². The van der Waals surface area contributed by atoms with Gasteiger partial charge in [-0.2, -0.15) is 0 Å². The Morgan fingerprint density at radius 2 is 2.14 bits per heavy atom. The molecule has 2 fully saturated rings. The van der Waals surface area contributed by atoms with Gasteiger partial charge in [0.1, 0.15) is 11.9 Å². The molecular formula is C15H23N3O3. The third kappa shape index (κ3) is 3.71. The number of hydrogen-bond acceptors (Lipinski definition) is 6. The molecule has 0 spiro atoms. The Hall–Kier alpha value is -1.21. The average Bonchev–Trinajstić information content (AvgIpc) is 2.48. The highest BCUT2D eigenvalue weighted by atomic mass is 16.5. The van der Waals surface area contributed by atoms with Crippen molar-refractivity contribution < 1.29 is 14.6 Å². The predicted octanol–water partition coefficient (Wildman–Crippen LogP) is 0.579. The van der Waals surface area contributed by atoms with E-state index in [2.05, 4.69) is 9.88 Å². The van der Waals surface area contributed by atoms with Crippen molar-refractivity contribution in [1.82, 2.24) is 9.88 Å². The van der Waals surface area contributed by atoms with Crippen LogP contribution < -0.4 is 5.73 Å². The van der Waals surface area contributed by atoms with E-state index in [0.717, 1.165) is 18.8 Å². The largest absolute Gasteiger partial charge is 0.388 e. The summed E-state index contributed by atoms with van der Waals surface area (Å²) in [6.07, 6.45) is 1.32. The Bertz CT molecular complexity index is 477. The summed E-state index contributed by atoms with van der Waals surface area (Å²) in [5, 5.41) is 10.6. The highest BCUT2D eigenvalue weighted by molar-refractivity contribution is 5.29. The van der Waals surface area contributed by atoms with Crippen LogP contribution in [0.15, 0.2) is 18.2 Å². The molecule has 3 rings (SSSR count). The van der Waals surface area contributed by atoms with Crippen molar-refractivity contribution in [3.8, 4) is 0 Å². The molecule has 0 aliphatic carbocycles. The van der Waals surface area contributed by atoms with Crippen LogP contribution >= 0.6 is 0 Å². The molecule has 0 aromatic carbocycles. The van der Waals surface area contributed by atoms with Crippen molar-refractivity contribution in [2.24, 2.45) is 0 Å². The number of aromatic nitrogens is 1. The second-order valence-corrected chi connectivity index (χ2v) is 5.92. The molecule has 0 amide bonds. The van der Waals surface area contributed by atoms with E-state index in [0.29, 0.717) is 45.0 Å². The van der Waals surface area contributed by atoms with Crippen LogP contribution in [0, 0.1) is 0 Å². The summed E-state index contributed by atoms with van der Waals surface area (Å²) in [6, 6.07) is 5.61. The Morgan fingerprint density at radius 3 is 2.90 bits per heavy atom. The minimum atomic E-state index is -0.636. The van der Waals surface area contributed by atoms with E-state index in [1.165, 1.54) is 0 Å². The highest BCUT2D eigenvalue weighted by Crippen LogP contribution is 2.26. The first-order chi connectivity index (χ1) is 10.1. The molecule has 2 aliphatic heterocycles. The minimum absolute atomic E-state index is 0.0781. The normalized spacial score (nSPS) is 26.6. The van der Waals surface area contributed by atoms with Crippen LogP contribution in [-0.4, -0.2) is 60.0 Å². The molecule has 0 radical (unpaired) electrons. The van der Waals surface area contributed by atoms with Gasteiger partial charge in [0.25, 0.3) is 0 Å². The first-order valence-corrected chi connectivity index (χ1v) is 7.51. The number of anilines is 1. The molecule has 2 aliphatic rings. The maximum absolute atomic E-state index is 10.6. The van der Waals surface area contributed by atoms with E-state index in [-0.39, 0.29) is 6.10 Å². The summed E-state index contributed by atoms with van der Waals surface area (Å²) < 4.78 is 11.1. The van der Waals surface area contributed by atoms with Gasteiger partial charge >= 0.3 is 0 Å². The molecule has 0 bridgehead atoms. The van der Waals surface area contributed by atoms with Crippen LogP contribution in [0.3, 0.4) is 0 Å². The lowest BCUT2D eigenvalue weighted by atomic mass is 9.93. The van der Waals surface area contributed by atoms with Crippen LogP contribution in [0.25, 0.3) is 0 Å². The molecule has 3 N–H and O–H groups in total. The van der Waals surface area contributed by atoms with Crippen LogP contribution in [0.4, 0.5) is 5.82 Å². The van der Waals surface area contributed by atoms with Gasteiger partial charge in [-0.15, -0.1) is 0 Å².